The van der Waals surface area contributed by atoms with Gasteiger partial charge in [0.05, 0.1) is 0 Å². The first-order chi connectivity index (χ1) is 9.01. The third kappa shape index (κ3) is 2.54. The summed E-state index contributed by atoms with van der Waals surface area (Å²) in [5.74, 6) is 1.49. The van der Waals surface area contributed by atoms with Gasteiger partial charge in [-0.3, -0.25) is 0 Å². The smallest absolute Gasteiger partial charge is 0.322 e. The van der Waals surface area contributed by atoms with Crippen molar-refractivity contribution in [1.82, 2.24) is 10.1 Å². The van der Waals surface area contributed by atoms with Crippen molar-refractivity contribution in [2.45, 2.75) is 38.8 Å². The van der Waals surface area contributed by atoms with E-state index in [-0.39, 0.29) is 11.6 Å². The molecule has 1 atom stereocenters. The fourth-order valence-corrected chi connectivity index (χ4v) is 2.06. The number of hydrogen-bond donors (Lipinski definition) is 1. The summed E-state index contributed by atoms with van der Waals surface area (Å²) in [4.78, 5) is 4.35. The van der Waals surface area contributed by atoms with Crippen LogP contribution in [0.3, 0.4) is 0 Å². The van der Waals surface area contributed by atoms with E-state index in [1.807, 2.05) is 39.0 Å². The summed E-state index contributed by atoms with van der Waals surface area (Å²) >= 11 is 0. The van der Waals surface area contributed by atoms with Gasteiger partial charge in [0, 0.05) is 12.0 Å². The van der Waals surface area contributed by atoms with Crippen LogP contribution in [-0.4, -0.2) is 15.7 Å². The first-order valence-electron chi connectivity index (χ1n) is 6.38. The van der Waals surface area contributed by atoms with E-state index in [0.717, 1.165) is 12.2 Å². The Balaban J connectivity index is 1.75. The standard InChI is InChI=1S/C14H17N3O2/c1-14(2,3)16-13-15-12(17-19-13)11-8-9-6-4-5-7-10(9)18-11/h4-7,11H,8H2,1-3H3,(H,15,16,17). The highest BCUT2D eigenvalue weighted by molar-refractivity contribution is 5.38. The van der Waals surface area contributed by atoms with Crippen molar-refractivity contribution in [3.05, 3.63) is 35.7 Å². The molecule has 1 aromatic heterocycles. The first-order valence-corrected chi connectivity index (χ1v) is 6.38. The molecule has 0 bridgehead atoms. The van der Waals surface area contributed by atoms with Crippen molar-refractivity contribution in [3.63, 3.8) is 0 Å². The van der Waals surface area contributed by atoms with E-state index in [1.54, 1.807) is 0 Å². The summed E-state index contributed by atoms with van der Waals surface area (Å²) in [7, 11) is 0. The maximum Gasteiger partial charge on any atom is 0.322 e. The predicted octanol–water partition coefficient (Wildman–Crippen LogP) is 2.96. The number of hydrogen-bond acceptors (Lipinski definition) is 5. The lowest BCUT2D eigenvalue weighted by atomic mass is 10.1. The molecule has 100 valence electrons. The molecule has 19 heavy (non-hydrogen) atoms. The number of rotatable bonds is 2. The molecular weight excluding hydrogens is 242 g/mol. The van der Waals surface area contributed by atoms with Gasteiger partial charge in [0.2, 0.25) is 5.82 Å². The van der Waals surface area contributed by atoms with Gasteiger partial charge in [-0.05, 0) is 32.4 Å². The van der Waals surface area contributed by atoms with Crippen LogP contribution < -0.4 is 10.1 Å². The molecule has 5 heteroatoms. The summed E-state index contributed by atoms with van der Waals surface area (Å²) in [5.41, 5.74) is 1.08. The van der Waals surface area contributed by atoms with Crippen LogP contribution in [0.25, 0.3) is 0 Å². The molecule has 0 fully saturated rings. The van der Waals surface area contributed by atoms with E-state index in [9.17, 15) is 0 Å². The fourth-order valence-electron chi connectivity index (χ4n) is 2.06. The van der Waals surface area contributed by atoms with Crippen LogP contribution in [0.15, 0.2) is 28.8 Å². The third-order valence-corrected chi connectivity index (χ3v) is 2.86. The Labute approximate surface area is 112 Å². The Morgan fingerprint density at radius 1 is 1.26 bits per heavy atom. The molecule has 5 nitrogen and oxygen atoms in total. The molecule has 1 unspecified atom stereocenters. The number of anilines is 1. The largest absolute Gasteiger partial charge is 0.482 e. The number of benzene rings is 1. The second-order valence-electron chi connectivity index (χ2n) is 5.75. The van der Waals surface area contributed by atoms with Crippen LogP contribution in [0.5, 0.6) is 5.75 Å². The molecule has 0 amide bonds. The lowest BCUT2D eigenvalue weighted by molar-refractivity contribution is 0.221. The molecule has 0 radical (unpaired) electrons. The van der Waals surface area contributed by atoms with E-state index < -0.39 is 0 Å². The third-order valence-electron chi connectivity index (χ3n) is 2.86. The molecule has 0 saturated heterocycles. The molecule has 0 spiro atoms. The molecule has 1 aromatic carbocycles. The van der Waals surface area contributed by atoms with E-state index in [0.29, 0.717) is 11.8 Å². The van der Waals surface area contributed by atoms with Crippen LogP contribution >= 0.6 is 0 Å². The fraction of sp³-hybridized carbons (Fsp3) is 0.429. The monoisotopic (exact) mass is 259 g/mol. The van der Waals surface area contributed by atoms with Crippen molar-refractivity contribution < 1.29 is 9.26 Å². The Kier molecular flexibility index (Phi) is 2.69. The highest BCUT2D eigenvalue weighted by atomic mass is 16.5. The van der Waals surface area contributed by atoms with Crippen molar-refractivity contribution >= 4 is 6.01 Å². The lowest BCUT2D eigenvalue weighted by Gasteiger charge is -2.17. The second-order valence-corrected chi connectivity index (χ2v) is 5.75. The Bertz CT molecular complexity index is 561. The number of ether oxygens (including phenoxy) is 1. The zero-order chi connectivity index (χ0) is 13.5. The lowest BCUT2D eigenvalue weighted by Crippen LogP contribution is -2.26. The summed E-state index contributed by atoms with van der Waals surface area (Å²) in [6.07, 6.45) is 0.627. The van der Waals surface area contributed by atoms with Crippen molar-refractivity contribution in [2.24, 2.45) is 0 Å². The number of aromatic nitrogens is 2. The summed E-state index contributed by atoms with van der Waals surface area (Å²) in [6, 6.07) is 8.42. The minimum absolute atomic E-state index is 0.108. The van der Waals surface area contributed by atoms with E-state index in [2.05, 4.69) is 21.5 Å². The number of para-hydroxylation sites is 1. The molecule has 3 rings (SSSR count). The van der Waals surface area contributed by atoms with Gasteiger partial charge in [0.1, 0.15) is 5.75 Å². The maximum absolute atomic E-state index is 5.82. The molecule has 2 aromatic rings. The van der Waals surface area contributed by atoms with Gasteiger partial charge in [-0.25, -0.2) is 0 Å². The van der Waals surface area contributed by atoms with Crippen LogP contribution in [-0.2, 0) is 6.42 Å². The Morgan fingerprint density at radius 2 is 2.05 bits per heavy atom. The van der Waals surface area contributed by atoms with E-state index in [1.165, 1.54) is 5.56 Å². The molecule has 0 aliphatic carbocycles. The zero-order valence-corrected chi connectivity index (χ0v) is 11.3. The van der Waals surface area contributed by atoms with Gasteiger partial charge in [-0.2, -0.15) is 4.98 Å². The molecule has 0 saturated carbocycles. The summed E-state index contributed by atoms with van der Waals surface area (Å²) < 4.78 is 11.0. The minimum Gasteiger partial charge on any atom is -0.482 e. The first kappa shape index (κ1) is 12.0. The van der Waals surface area contributed by atoms with Gasteiger partial charge >= 0.3 is 6.01 Å². The molecular formula is C14H17N3O2. The Morgan fingerprint density at radius 3 is 2.79 bits per heavy atom. The molecule has 1 aliphatic heterocycles. The topological polar surface area (TPSA) is 60.2 Å². The van der Waals surface area contributed by atoms with Gasteiger partial charge in [-0.1, -0.05) is 23.4 Å². The van der Waals surface area contributed by atoms with Gasteiger partial charge in [-0.15, -0.1) is 0 Å². The van der Waals surface area contributed by atoms with E-state index in [4.69, 9.17) is 9.26 Å². The van der Waals surface area contributed by atoms with Crippen LogP contribution in [0.2, 0.25) is 0 Å². The summed E-state index contributed by atoms with van der Waals surface area (Å²) in [5, 5.41) is 7.14. The van der Waals surface area contributed by atoms with Crippen LogP contribution in [0.1, 0.15) is 38.3 Å². The second kappa shape index (κ2) is 4.26. The quantitative estimate of drug-likeness (QED) is 0.898. The van der Waals surface area contributed by atoms with Crippen molar-refractivity contribution in [3.8, 4) is 5.75 Å². The molecule has 1 N–H and O–H groups in total. The zero-order valence-electron chi connectivity index (χ0n) is 11.3. The van der Waals surface area contributed by atoms with Crippen molar-refractivity contribution in [1.29, 1.82) is 0 Å². The Hall–Kier alpha value is -2.04. The van der Waals surface area contributed by atoms with E-state index >= 15 is 0 Å². The normalized spacial score (nSPS) is 17.9. The van der Waals surface area contributed by atoms with Gasteiger partial charge in [0.25, 0.3) is 0 Å². The van der Waals surface area contributed by atoms with Gasteiger partial charge < -0.3 is 14.6 Å². The van der Waals surface area contributed by atoms with Crippen molar-refractivity contribution in [2.75, 3.05) is 5.32 Å². The van der Waals surface area contributed by atoms with Crippen LogP contribution in [0, 0.1) is 0 Å². The van der Waals surface area contributed by atoms with Crippen LogP contribution in [0.4, 0.5) is 6.01 Å². The van der Waals surface area contributed by atoms with Gasteiger partial charge in [0.15, 0.2) is 6.10 Å². The number of fused-ring (bicyclic) bond motifs is 1. The highest BCUT2D eigenvalue weighted by Gasteiger charge is 2.28. The molecule has 2 heterocycles. The number of nitrogens with zero attached hydrogens (tertiary/aromatic N) is 2. The number of nitrogens with one attached hydrogen (secondary N) is 1. The average Bonchev–Trinajstić information content (AvgIpc) is 2.91. The maximum atomic E-state index is 5.82. The highest BCUT2D eigenvalue weighted by Crippen LogP contribution is 2.35. The predicted molar refractivity (Wildman–Crippen MR) is 71.2 cm³/mol. The summed E-state index contributed by atoms with van der Waals surface area (Å²) in [6.45, 7) is 6.12. The minimum atomic E-state index is -0.156. The average molecular weight is 259 g/mol. The molecule has 1 aliphatic rings. The SMILES string of the molecule is CC(C)(C)Nc1nc(C2Cc3ccccc3O2)no1.